The van der Waals surface area contributed by atoms with Crippen LogP contribution in [0.4, 0.5) is 4.79 Å². The van der Waals surface area contributed by atoms with Crippen molar-refractivity contribution in [2.75, 3.05) is 26.3 Å². The maximum absolute atomic E-state index is 12.5. The molecule has 1 aromatic heterocycles. The van der Waals surface area contributed by atoms with Gasteiger partial charge in [0.2, 0.25) is 0 Å². The van der Waals surface area contributed by atoms with Crippen molar-refractivity contribution >= 4 is 17.4 Å². The number of aliphatic hydroxyl groups is 1. The van der Waals surface area contributed by atoms with Gasteiger partial charge in [0, 0.05) is 16.3 Å². The van der Waals surface area contributed by atoms with Gasteiger partial charge in [-0.2, -0.15) is 0 Å². The van der Waals surface area contributed by atoms with Crippen LogP contribution in [-0.4, -0.2) is 48.4 Å². The SMILES string of the molecule is Cc1cc(C(NC(=O)N2CCOC(CO)C2)C(C)C)c(C)s1. The highest BCUT2D eigenvalue weighted by Crippen LogP contribution is 2.30. The van der Waals surface area contributed by atoms with Crippen molar-refractivity contribution in [2.45, 2.75) is 39.8 Å². The van der Waals surface area contributed by atoms with E-state index in [1.54, 1.807) is 16.2 Å². The molecule has 1 aliphatic rings. The number of carbonyl (C=O) groups is 1. The van der Waals surface area contributed by atoms with E-state index in [-0.39, 0.29) is 24.8 Å². The van der Waals surface area contributed by atoms with Crippen molar-refractivity contribution in [3.05, 3.63) is 21.4 Å². The molecular weight excluding hydrogens is 300 g/mol. The predicted molar refractivity (Wildman–Crippen MR) is 88.3 cm³/mol. The lowest BCUT2D eigenvalue weighted by Crippen LogP contribution is -2.51. The van der Waals surface area contributed by atoms with Crippen LogP contribution in [-0.2, 0) is 4.74 Å². The monoisotopic (exact) mass is 326 g/mol. The first-order valence-electron chi connectivity index (χ1n) is 7.77. The van der Waals surface area contributed by atoms with Gasteiger partial charge in [-0.1, -0.05) is 13.8 Å². The largest absolute Gasteiger partial charge is 0.394 e. The number of aliphatic hydroxyl groups excluding tert-OH is 1. The van der Waals surface area contributed by atoms with Crippen molar-refractivity contribution in [1.82, 2.24) is 10.2 Å². The summed E-state index contributed by atoms with van der Waals surface area (Å²) in [5, 5.41) is 12.4. The van der Waals surface area contributed by atoms with E-state index in [2.05, 4.69) is 39.1 Å². The summed E-state index contributed by atoms with van der Waals surface area (Å²) < 4.78 is 5.40. The number of urea groups is 1. The predicted octanol–water partition coefficient (Wildman–Crippen LogP) is 2.46. The Morgan fingerprint density at radius 2 is 2.27 bits per heavy atom. The first kappa shape index (κ1) is 17.2. The number of aryl methyl sites for hydroxylation is 2. The zero-order valence-corrected chi connectivity index (χ0v) is 14.6. The second kappa shape index (κ2) is 7.44. The van der Waals surface area contributed by atoms with E-state index in [1.165, 1.54) is 15.3 Å². The van der Waals surface area contributed by atoms with Gasteiger partial charge in [-0.3, -0.25) is 0 Å². The number of ether oxygens (including phenoxy) is 1. The maximum atomic E-state index is 12.5. The van der Waals surface area contributed by atoms with Crippen LogP contribution in [0.1, 0.15) is 35.2 Å². The van der Waals surface area contributed by atoms with E-state index in [9.17, 15) is 9.90 Å². The minimum absolute atomic E-state index is 0.00729. The summed E-state index contributed by atoms with van der Waals surface area (Å²) >= 11 is 1.76. The Balaban J connectivity index is 2.08. The summed E-state index contributed by atoms with van der Waals surface area (Å²) in [6.45, 7) is 9.85. The first-order chi connectivity index (χ1) is 10.4. The summed E-state index contributed by atoms with van der Waals surface area (Å²) in [6.07, 6.45) is -0.276. The fourth-order valence-corrected chi connectivity index (χ4v) is 3.77. The van der Waals surface area contributed by atoms with Gasteiger partial charge >= 0.3 is 6.03 Å². The van der Waals surface area contributed by atoms with Crippen molar-refractivity contribution in [3.63, 3.8) is 0 Å². The van der Waals surface area contributed by atoms with Crippen molar-refractivity contribution in [2.24, 2.45) is 5.92 Å². The lowest BCUT2D eigenvalue weighted by atomic mass is 9.96. The average Bonchev–Trinajstić information content (AvgIpc) is 2.82. The lowest BCUT2D eigenvalue weighted by molar-refractivity contribution is -0.0406. The van der Waals surface area contributed by atoms with E-state index in [0.717, 1.165) is 0 Å². The summed E-state index contributed by atoms with van der Waals surface area (Å²) in [5.74, 6) is 0.311. The zero-order valence-electron chi connectivity index (χ0n) is 13.8. The molecule has 2 amide bonds. The fraction of sp³-hybridized carbons (Fsp3) is 0.688. The van der Waals surface area contributed by atoms with Gasteiger partial charge in [0.25, 0.3) is 0 Å². The topological polar surface area (TPSA) is 61.8 Å². The molecule has 22 heavy (non-hydrogen) atoms. The number of hydrogen-bond acceptors (Lipinski definition) is 4. The molecule has 1 fully saturated rings. The molecule has 0 aliphatic carbocycles. The molecular formula is C16H26N2O3S. The number of nitrogens with one attached hydrogen (secondary N) is 1. The molecule has 0 bridgehead atoms. The molecule has 1 aliphatic heterocycles. The number of carbonyl (C=O) groups excluding carboxylic acids is 1. The molecule has 0 saturated carbocycles. The molecule has 6 heteroatoms. The van der Waals surface area contributed by atoms with Crippen molar-refractivity contribution in [3.8, 4) is 0 Å². The third-order valence-electron chi connectivity index (χ3n) is 3.99. The highest BCUT2D eigenvalue weighted by Gasteiger charge is 2.27. The molecule has 2 unspecified atom stereocenters. The van der Waals surface area contributed by atoms with Gasteiger partial charge in [0.1, 0.15) is 0 Å². The van der Waals surface area contributed by atoms with Gasteiger partial charge in [-0.25, -0.2) is 4.79 Å². The Kier molecular flexibility index (Phi) is 5.83. The van der Waals surface area contributed by atoms with Crippen molar-refractivity contribution in [1.29, 1.82) is 0 Å². The Labute approximate surface area is 136 Å². The van der Waals surface area contributed by atoms with Crippen LogP contribution >= 0.6 is 11.3 Å². The van der Waals surface area contributed by atoms with Crippen LogP contribution in [0.25, 0.3) is 0 Å². The van der Waals surface area contributed by atoms with Crippen LogP contribution < -0.4 is 5.32 Å². The molecule has 1 aromatic rings. The molecule has 124 valence electrons. The zero-order chi connectivity index (χ0) is 16.3. The van der Waals surface area contributed by atoms with Crippen LogP contribution in [0, 0.1) is 19.8 Å². The van der Waals surface area contributed by atoms with E-state index in [0.29, 0.717) is 25.6 Å². The number of nitrogens with zero attached hydrogens (tertiary/aromatic N) is 1. The number of amides is 2. The average molecular weight is 326 g/mol. The summed E-state index contributed by atoms with van der Waals surface area (Å²) in [7, 11) is 0. The number of thiophene rings is 1. The lowest BCUT2D eigenvalue weighted by Gasteiger charge is -2.34. The van der Waals surface area contributed by atoms with Gasteiger partial charge in [-0.15, -0.1) is 11.3 Å². The quantitative estimate of drug-likeness (QED) is 0.893. The van der Waals surface area contributed by atoms with Crippen LogP contribution in [0.3, 0.4) is 0 Å². The minimum Gasteiger partial charge on any atom is -0.394 e. The Bertz CT molecular complexity index is 515. The van der Waals surface area contributed by atoms with Gasteiger partial charge in [0.05, 0.1) is 31.9 Å². The van der Waals surface area contributed by atoms with E-state index >= 15 is 0 Å². The minimum atomic E-state index is -0.276. The fourth-order valence-electron chi connectivity index (χ4n) is 2.80. The molecule has 2 heterocycles. The van der Waals surface area contributed by atoms with Crippen LogP contribution in [0.5, 0.6) is 0 Å². The molecule has 0 radical (unpaired) electrons. The molecule has 5 nitrogen and oxygen atoms in total. The van der Waals surface area contributed by atoms with E-state index in [1.807, 2.05) is 0 Å². The number of morpholine rings is 1. The molecule has 2 rings (SSSR count). The molecule has 2 N–H and O–H groups in total. The summed E-state index contributed by atoms with van der Waals surface area (Å²) in [4.78, 5) is 16.8. The van der Waals surface area contributed by atoms with Crippen LogP contribution in [0.15, 0.2) is 6.07 Å². The summed E-state index contributed by atoms with van der Waals surface area (Å²) in [5.41, 5.74) is 1.21. The third kappa shape index (κ3) is 4.00. The smallest absolute Gasteiger partial charge is 0.318 e. The highest BCUT2D eigenvalue weighted by molar-refractivity contribution is 7.12. The van der Waals surface area contributed by atoms with Gasteiger partial charge < -0.3 is 20.1 Å². The normalized spacial score (nSPS) is 20.3. The second-order valence-electron chi connectivity index (χ2n) is 6.16. The molecule has 0 aromatic carbocycles. The maximum Gasteiger partial charge on any atom is 0.318 e. The van der Waals surface area contributed by atoms with Crippen LogP contribution in [0.2, 0.25) is 0 Å². The standard InChI is InChI=1S/C16H26N2O3S/c1-10(2)15(14-7-11(3)22-12(14)4)17-16(20)18-5-6-21-13(8-18)9-19/h7,10,13,15,19H,5-6,8-9H2,1-4H3,(H,17,20). The second-order valence-corrected chi connectivity index (χ2v) is 7.62. The first-order valence-corrected chi connectivity index (χ1v) is 8.58. The highest BCUT2D eigenvalue weighted by atomic mass is 32.1. The van der Waals surface area contributed by atoms with Gasteiger partial charge in [-0.05, 0) is 31.4 Å². The number of hydrogen-bond donors (Lipinski definition) is 2. The Hall–Kier alpha value is -1.11. The third-order valence-corrected chi connectivity index (χ3v) is 4.97. The van der Waals surface area contributed by atoms with Gasteiger partial charge in [0.15, 0.2) is 0 Å². The summed E-state index contributed by atoms with van der Waals surface area (Å²) in [6, 6.07) is 2.09. The van der Waals surface area contributed by atoms with Crippen molar-refractivity contribution < 1.29 is 14.6 Å². The molecule has 2 atom stereocenters. The molecule has 1 saturated heterocycles. The van der Waals surface area contributed by atoms with E-state index < -0.39 is 0 Å². The Morgan fingerprint density at radius 1 is 1.55 bits per heavy atom. The van der Waals surface area contributed by atoms with E-state index in [4.69, 9.17) is 4.74 Å². The Morgan fingerprint density at radius 3 is 2.82 bits per heavy atom. The molecule has 0 spiro atoms. The number of rotatable bonds is 4.